The Balaban J connectivity index is 1.26. The first-order chi connectivity index (χ1) is 22.0. The lowest BCUT2D eigenvalue weighted by molar-refractivity contribution is -0.113. The van der Waals surface area contributed by atoms with Crippen LogP contribution in [-0.2, 0) is 4.79 Å². The van der Waals surface area contributed by atoms with E-state index in [1.54, 1.807) is 28.9 Å². The van der Waals surface area contributed by atoms with Crippen molar-refractivity contribution in [2.45, 2.75) is 29.3 Å². The van der Waals surface area contributed by atoms with Crippen LogP contribution in [0.5, 0.6) is 5.75 Å². The van der Waals surface area contributed by atoms with E-state index in [1.165, 1.54) is 23.1 Å². The molecule has 1 amide bonds. The number of anilines is 1. The molecular weight excluding hydrogens is 625 g/mol. The number of furan rings is 1. The average Bonchev–Trinajstić information content (AvgIpc) is 3.74. The summed E-state index contributed by atoms with van der Waals surface area (Å²) in [6, 6.07) is 27.7. The lowest BCUT2D eigenvalue weighted by Gasteiger charge is -2.25. The molecule has 6 aromatic rings. The van der Waals surface area contributed by atoms with E-state index in [9.17, 15) is 9.59 Å². The second-order valence-electron chi connectivity index (χ2n) is 10.1. The Hall–Kier alpha value is -4.71. The molecule has 0 fully saturated rings. The smallest absolute Gasteiger partial charge is 0.271 e. The molecule has 0 bridgehead atoms. The Kier molecular flexibility index (Phi) is 7.97. The minimum Gasteiger partial charge on any atom is -0.494 e. The standard InChI is InChI=1S/C34H26N4O4S3/c1-3-41-23-15-13-21(14-16-23)30-29(31(39)36-22-9-5-4-6-10-22)20(2)35-33-38(30)32(40)27(43-33)19-24-17-18-28(42-24)45-34-37-25-11-7-8-12-26(25)44-34/h4-19,30H,3H2,1-2H3,(H,36,39)/b27-19+/t30-/m1/s1. The molecule has 8 nitrogen and oxygen atoms in total. The molecule has 0 saturated carbocycles. The molecule has 0 radical (unpaired) electrons. The van der Waals surface area contributed by atoms with Gasteiger partial charge in [0, 0.05) is 11.8 Å². The van der Waals surface area contributed by atoms with Crippen molar-refractivity contribution in [3.63, 3.8) is 0 Å². The molecule has 3 aromatic heterocycles. The zero-order valence-corrected chi connectivity index (χ0v) is 26.7. The number of nitrogens with one attached hydrogen (secondary N) is 1. The molecule has 0 aliphatic carbocycles. The topological polar surface area (TPSA) is 98.7 Å². The fourth-order valence-electron chi connectivity index (χ4n) is 5.14. The first kappa shape index (κ1) is 29.0. The van der Waals surface area contributed by atoms with E-state index in [2.05, 4.69) is 10.3 Å². The Bertz CT molecular complexity index is 2210. The molecule has 224 valence electrons. The fraction of sp³-hybridized carbons (Fsp3) is 0.118. The maximum absolute atomic E-state index is 14.0. The Morgan fingerprint density at radius 2 is 1.80 bits per heavy atom. The minimum atomic E-state index is -0.690. The maximum atomic E-state index is 14.0. The summed E-state index contributed by atoms with van der Waals surface area (Å²) in [6.07, 6.45) is 1.73. The summed E-state index contributed by atoms with van der Waals surface area (Å²) in [7, 11) is 0. The van der Waals surface area contributed by atoms with Gasteiger partial charge in [-0.15, -0.1) is 11.3 Å². The number of hydrogen-bond acceptors (Lipinski definition) is 9. The Labute approximate surface area is 270 Å². The van der Waals surface area contributed by atoms with Gasteiger partial charge in [0.25, 0.3) is 11.5 Å². The molecule has 4 heterocycles. The van der Waals surface area contributed by atoms with Crippen LogP contribution in [0, 0.1) is 0 Å². The fourth-order valence-corrected chi connectivity index (χ4v) is 8.13. The van der Waals surface area contributed by atoms with E-state index in [0.717, 1.165) is 20.1 Å². The second-order valence-corrected chi connectivity index (χ2v) is 13.4. The van der Waals surface area contributed by atoms with Crippen LogP contribution in [0.2, 0.25) is 0 Å². The number of fused-ring (bicyclic) bond motifs is 2. The number of benzene rings is 3. The average molecular weight is 651 g/mol. The highest BCUT2D eigenvalue weighted by molar-refractivity contribution is 8.01. The van der Waals surface area contributed by atoms with Crippen molar-refractivity contribution in [1.82, 2.24) is 9.55 Å². The predicted molar refractivity (Wildman–Crippen MR) is 179 cm³/mol. The Morgan fingerprint density at radius 3 is 2.58 bits per heavy atom. The van der Waals surface area contributed by atoms with Gasteiger partial charge in [0.2, 0.25) is 0 Å². The molecule has 0 spiro atoms. The van der Waals surface area contributed by atoms with Gasteiger partial charge in [-0.25, -0.2) is 9.98 Å². The number of allylic oxidation sites excluding steroid dienone is 1. The van der Waals surface area contributed by atoms with Crippen LogP contribution < -0.4 is 24.9 Å². The summed E-state index contributed by atoms with van der Waals surface area (Å²) in [5.41, 5.74) is 3.06. The summed E-state index contributed by atoms with van der Waals surface area (Å²) in [5, 5.41) is 3.66. The van der Waals surface area contributed by atoms with Crippen LogP contribution in [0.15, 0.2) is 126 Å². The highest BCUT2D eigenvalue weighted by Gasteiger charge is 2.32. The zero-order chi connectivity index (χ0) is 30.9. The number of para-hydroxylation sites is 2. The molecule has 3 aromatic carbocycles. The van der Waals surface area contributed by atoms with Crippen LogP contribution in [-0.4, -0.2) is 22.1 Å². The SMILES string of the molecule is CCOc1ccc([C@@H]2C(C(=O)Nc3ccccc3)=C(C)N=c3s/c(=C/c4ccc(Sc5nc6ccccc6s5)o4)c(=O)n32)cc1. The van der Waals surface area contributed by atoms with E-state index in [1.807, 2.05) is 97.9 Å². The van der Waals surface area contributed by atoms with Crippen molar-refractivity contribution in [1.29, 1.82) is 0 Å². The van der Waals surface area contributed by atoms with Crippen molar-refractivity contribution in [2.24, 2.45) is 4.99 Å². The van der Waals surface area contributed by atoms with Crippen molar-refractivity contribution in [3.8, 4) is 5.75 Å². The molecule has 45 heavy (non-hydrogen) atoms. The van der Waals surface area contributed by atoms with Crippen molar-refractivity contribution < 1.29 is 13.9 Å². The molecular formula is C34H26N4O4S3. The summed E-state index contributed by atoms with van der Waals surface area (Å²) >= 11 is 4.31. The number of hydrogen-bond donors (Lipinski definition) is 1. The number of thiazole rings is 2. The first-order valence-electron chi connectivity index (χ1n) is 14.2. The van der Waals surface area contributed by atoms with Gasteiger partial charge in [-0.05, 0) is 79.7 Å². The van der Waals surface area contributed by atoms with Gasteiger partial charge in [-0.3, -0.25) is 14.2 Å². The van der Waals surface area contributed by atoms with E-state index in [-0.39, 0.29) is 11.5 Å². The normalized spacial score (nSPS) is 14.8. The first-order valence-corrected chi connectivity index (χ1v) is 16.7. The summed E-state index contributed by atoms with van der Waals surface area (Å²) in [6.45, 7) is 4.26. The monoisotopic (exact) mass is 650 g/mol. The molecule has 1 aliphatic rings. The lowest BCUT2D eigenvalue weighted by Crippen LogP contribution is -2.40. The molecule has 0 saturated heterocycles. The predicted octanol–water partition coefficient (Wildman–Crippen LogP) is 6.63. The third-order valence-electron chi connectivity index (χ3n) is 7.14. The second kappa shape index (κ2) is 12.4. The van der Waals surface area contributed by atoms with Gasteiger partial charge in [-0.2, -0.15) is 0 Å². The minimum absolute atomic E-state index is 0.257. The van der Waals surface area contributed by atoms with Gasteiger partial charge in [0.15, 0.2) is 14.2 Å². The van der Waals surface area contributed by atoms with Crippen molar-refractivity contribution in [2.75, 3.05) is 11.9 Å². The number of nitrogens with zero attached hydrogens (tertiary/aromatic N) is 3. The van der Waals surface area contributed by atoms with E-state index >= 15 is 0 Å². The highest BCUT2D eigenvalue weighted by atomic mass is 32.2. The maximum Gasteiger partial charge on any atom is 0.271 e. The molecule has 1 N–H and O–H groups in total. The van der Waals surface area contributed by atoms with Crippen LogP contribution in [0.4, 0.5) is 5.69 Å². The van der Waals surface area contributed by atoms with Gasteiger partial charge in [0.1, 0.15) is 11.5 Å². The lowest BCUT2D eigenvalue weighted by atomic mass is 9.95. The van der Waals surface area contributed by atoms with E-state index in [0.29, 0.717) is 49.5 Å². The highest BCUT2D eigenvalue weighted by Crippen LogP contribution is 2.35. The summed E-state index contributed by atoms with van der Waals surface area (Å²) in [5.74, 6) is 0.930. The Morgan fingerprint density at radius 1 is 1.02 bits per heavy atom. The number of carbonyl (C=O) groups is 1. The zero-order valence-electron chi connectivity index (χ0n) is 24.2. The van der Waals surface area contributed by atoms with Crippen LogP contribution >= 0.6 is 34.4 Å². The number of rotatable bonds is 8. The van der Waals surface area contributed by atoms with E-state index < -0.39 is 6.04 Å². The number of ether oxygens (including phenoxy) is 1. The van der Waals surface area contributed by atoms with Crippen molar-refractivity contribution in [3.05, 3.63) is 133 Å². The molecule has 1 atom stereocenters. The number of carbonyl (C=O) groups excluding carboxylic acids is 1. The summed E-state index contributed by atoms with van der Waals surface area (Å²) in [4.78, 5) is 37.7. The van der Waals surface area contributed by atoms with Gasteiger partial charge in [-0.1, -0.05) is 53.8 Å². The number of amides is 1. The van der Waals surface area contributed by atoms with Gasteiger partial charge >= 0.3 is 0 Å². The molecule has 11 heteroatoms. The molecule has 0 unspecified atom stereocenters. The van der Waals surface area contributed by atoms with Gasteiger partial charge < -0.3 is 14.5 Å². The van der Waals surface area contributed by atoms with E-state index in [4.69, 9.17) is 14.1 Å². The van der Waals surface area contributed by atoms with Crippen LogP contribution in [0.1, 0.15) is 31.2 Å². The third-order valence-corrected chi connectivity index (χ3v) is 10.1. The van der Waals surface area contributed by atoms with Crippen LogP contribution in [0.25, 0.3) is 16.3 Å². The quantitative estimate of drug-likeness (QED) is 0.199. The van der Waals surface area contributed by atoms with Crippen molar-refractivity contribution >= 4 is 62.3 Å². The third kappa shape index (κ3) is 5.89. The largest absolute Gasteiger partial charge is 0.494 e. The van der Waals surface area contributed by atoms with Crippen LogP contribution in [0.3, 0.4) is 0 Å². The molecule has 1 aliphatic heterocycles. The molecule has 7 rings (SSSR count). The summed E-state index contributed by atoms with van der Waals surface area (Å²) < 4.78 is 15.8. The van der Waals surface area contributed by atoms with Gasteiger partial charge in [0.05, 0.1) is 38.7 Å². The number of aromatic nitrogens is 2.